The topological polar surface area (TPSA) is 205 Å². The third-order valence-corrected chi connectivity index (χ3v) is 4.68. The van der Waals surface area contributed by atoms with Crippen molar-refractivity contribution >= 4 is 29.6 Å². The molecule has 5 atom stereocenters. The Morgan fingerprint density at radius 3 is 2.31 bits per heavy atom. The number of rotatable bonds is 10. The minimum Gasteiger partial charge on any atom is -0.480 e. The van der Waals surface area contributed by atoms with Crippen LogP contribution in [0.1, 0.15) is 39.5 Å². The van der Waals surface area contributed by atoms with Crippen LogP contribution < -0.4 is 22.1 Å². The average molecular weight is 415 g/mol. The quantitative estimate of drug-likeness (QED) is 0.217. The van der Waals surface area contributed by atoms with Crippen LogP contribution in [0.5, 0.6) is 0 Å². The summed E-state index contributed by atoms with van der Waals surface area (Å²) in [4.78, 5) is 60.6. The number of primary amides is 1. The molecule has 164 valence electrons. The fourth-order valence-electron chi connectivity index (χ4n) is 2.95. The predicted octanol–water partition coefficient (Wildman–Crippen LogP) is -2.97. The summed E-state index contributed by atoms with van der Waals surface area (Å²) in [5, 5.41) is 23.3. The fraction of sp³-hybridized carbons (Fsp3) is 0.706. The molecule has 0 aromatic carbocycles. The van der Waals surface area contributed by atoms with E-state index < -0.39 is 59.9 Å². The molecule has 0 radical (unpaired) electrons. The van der Waals surface area contributed by atoms with Crippen LogP contribution >= 0.6 is 0 Å². The van der Waals surface area contributed by atoms with E-state index in [4.69, 9.17) is 11.5 Å². The van der Waals surface area contributed by atoms with Crippen molar-refractivity contribution in [3.63, 3.8) is 0 Å². The summed E-state index contributed by atoms with van der Waals surface area (Å²) in [5.41, 5.74) is 10.5. The highest BCUT2D eigenvalue weighted by atomic mass is 16.4. The first-order valence-electron chi connectivity index (χ1n) is 9.31. The third-order valence-electron chi connectivity index (χ3n) is 4.68. The van der Waals surface area contributed by atoms with Crippen LogP contribution in [0.4, 0.5) is 0 Å². The summed E-state index contributed by atoms with van der Waals surface area (Å²) in [6.45, 7) is 3.03. The Labute approximate surface area is 168 Å². The van der Waals surface area contributed by atoms with Gasteiger partial charge in [-0.2, -0.15) is 0 Å². The van der Waals surface area contributed by atoms with E-state index in [1.54, 1.807) is 0 Å². The van der Waals surface area contributed by atoms with Crippen LogP contribution in [0.15, 0.2) is 0 Å². The number of carboxylic acids is 1. The molecule has 1 rings (SSSR count). The molecule has 1 aliphatic heterocycles. The van der Waals surface area contributed by atoms with Crippen molar-refractivity contribution in [3.05, 3.63) is 0 Å². The standard InChI is InChI=1S/C17H29N5O7/c1-8(20-15(26)13(19)9(2)23)16(27)22-7-3-4-11(22)14(25)21-10(17(28)29)5-6-12(18)24/h8-11,13,23H,3-7,19H2,1-2H3,(H2,18,24)(H,20,26)(H,21,25)(H,28,29). The van der Waals surface area contributed by atoms with Gasteiger partial charge in [0.25, 0.3) is 0 Å². The second-order valence-electron chi connectivity index (χ2n) is 7.09. The molecule has 12 heteroatoms. The molecule has 4 amide bonds. The number of nitrogens with one attached hydrogen (secondary N) is 2. The van der Waals surface area contributed by atoms with Crippen molar-refractivity contribution in [3.8, 4) is 0 Å². The number of nitrogens with two attached hydrogens (primary N) is 2. The van der Waals surface area contributed by atoms with Crippen LogP contribution in [0.2, 0.25) is 0 Å². The number of likely N-dealkylation sites (tertiary alicyclic amines) is 1. The highest BCUT2D eigenvalue weighted by Crippen LogP contribution is 2.19. The normalized spacial score (nSPS) is 20.3. The Bertz CT molecular complexity index is 654. The highest BCUT2D eigenvalue weighted by Gasteiger charge is 2.38. The van der Waals surface area contributed by atoms with E-state index in [0.717, 1.165) is 0 Å². The van der Waals surface area contributed by atoms with E-state index in [1.807, 2.05) is 0 Å². The van der Waals surface area contributed by atoms with Crippen molar-refractivity contribution in [1.82, 2.24) is 15.5 Å². The lowest BCUT2D eigenvalue weighted by Gasteiger charge is -2.28. The van der Waals surface area contributed by atoms with E-state index in [2.05, 4.69) is 10.6 Å². The molecule has 29 heavy (non-hydrogen) atoms. The Balaban J connectivity index is 2.76. The van der Waals surface area contributed by atoms with Crippen molar-refractivity contribution in [2.24, 2.45) is 11.5 Å². The Morgan fingerprint density at radius 1 is 1.17 bits per heavy atom. The molecule has 5 unspecified atom stereocenters. The lowest BCUT2D eigenvalue weighted by molar-refractivity contribution is -0.145. The molecule has 0 bridgehead atoms. The lowest BCUT2D eigenvalue weighted by Crippen LogP contribution is -2.57. The van der Waals surface area contributed by atoms with Crippen LogP contribution in [-0.4, -0.2) is 81.5 Å². The van der Waals surface area contributed by atoms with Crippen LogP contribution in [0.3, 0.4) is 0 Å². The van der Waals surface area contributed by atoms with Crippen molar-refractivity contribution in [1.29, 1.82) is 0 Å². The zero-order valence-electron chi connectivity index (χ0n) is 16.5. The summed E-state index contributed by atoms with van der Waals surface area (Å²) >= 11 is 0. The molecule has 1 saturated heterocycles. The minimum absolute atomic E-state index is 0.166. The van der Waals surface area contributed by atoms with E-state index in [0.29, 0.717) is 12.8 Å². The number of aliphatic hydroxyl groups is 1. The minimum atomic E-state index is -1.32. The van der Waals surface area contributed by atoms with Gasteiger partial charge >= 0.3 is 5.97 Å². The number of amides is 4. The van der Waals surface area contributed by atoms with Gasteiger partial charge in [0.2, 0.25) is 23.6 Å². The number of aliphatic carboxylic acids is 1. The van der Waals surface area contributed by atoms with Gasteiger partial charge in [0.15, 0.2) is 0 Å². The van der Waals surface area contributed by atoms with Crippen molar-refractivity contribution < 1.29 is 34.2 Å². The maximum Gasteiger partial charge on any atom is 0.326 e. The van der Waals surface area contributed by atoms with E-state index in [1.165, 1.54) is 18.7 Å². The lowest BCUT2D eigenvalue weighted by atomic mass is 10.1. The van der Waals surface area contributed by atoms with Gasteiger partial charge < -0.3 is 37.2 Å². The molecule has 0 spiro atoms. The van der Waals surface area contributed by atoms with Gasteiger partial charge in [-0.15, -0.1) is 0 Å². The molecule has 0 saturated carbocycles. The first kappa shape index (κ1) is 24.3. The highest BCUT2D eigenvalue weighted by molar-refractivity contribution is 5.94. The van der Waals surface area contributed by atoms with Gasteiger partial charge in [0.05, 0.1) is 6.10 Å². The smallest absolute Gasteiger partial charge is 0.326 e. The Morgan fingerprint density at radius 2 is 1.79 bits per heavy atom. The Hall–Kier alpha value is -2.73. The number of carbonyl (C=O) groups excluding carboxylic acids is 4. The summed E-state index contributed by atoms with van der Waals surface area (Å²) in [7, 11) is 0. The zero-order valence-corrected chi connectivity index (χ0v) is 16.5. The van der Waals surface area contributed by atoms with Gasteiger partial charge in [-0.3, -0.25) is 19.2 Å². The summed E-state index contributed by atoms with van der Waals surface area (Å²) in [6.07, 6.45) is -0.627. The van der Waals surface area contributed by atoms with E-state index in [9.17, 15) is 34.2 Å². The van der Waals surface area contributed by atoms with Gasteiger partial charge in [0.1, 0.15) is 24.2 Å². The zero-order chi connectivity index (χ0) is 22.3. The van der Waals surface area contributed by atoms with Crippen molar-refractivity contribution in [2.45, 2.75) is 69.8 Å². The van der Waals surface area contributed by atoms with Crippen LogP contribution in [0, 0.1) is 0 Å². The van der Waals surface area contributed by atoms with Gasteiger partial charge in [-0.1, -0.05) is 0 Å². The molecule has 12 nitrogen and oxygen atoms in total. The third kappa shape index (κ3) is 6.98. The maximum absolute atomic E-state index is 12.7. The Kier molecular flexibility index (Phi) is 8.98. The predicted molar refractivity (Wildman–Crippen MR) is 100.0 cm³/mol. The summed E-state index contributed by atoms with van der Waals surface area (Å²) in [6, 6.07) is -4.41. The van der Waals surface area contributed by atoms with Gasteiger partial charge in [-0.05, 0) is 33.1 Å². The largest absolute Gasteiger partial charge is 0.480 e. The molecule has 1 fully saturated rings. The SMILES string of the molecule is CC(NC(=O)C(N)C(C)O)C(=O)N1CCCC1C(=O)NC(CCC(N)=O)C(=O)O. The number of hydrogen-bond donors (Lipinski definition) is 6. The van der Waals surface area contributed by atoms with Crippen molar-refractivity contribution in [2.75, 3.05) is 6.54 Å². The van der Waals surface area contributed by atoms with Gasteiger partial charge in [0, 0.05) is 13.0 Å². The molecular formula is C17H29N5O7. The second-order valence-corrected chi connectivity index (χ2v) is 7.09. The summed E-state index contributed by atoms with van der Waals surface area (Å²) in [5.74, 6) is -3.91. The number of nitrogens with zero attached hydrogens (tertiary/aromatic N) is 1. The van der Waals surface area contributed by atoms with Crippen LogP contribution in [-0.2, 0) is 24.0 Å². The van der Waals surface area contributed by atoms with E-state index in [-0.39, 0.29) is 19.4 Å². The molecule has 0 aromatic rings. The molecule has 1 heterocycles. The first-order chi connectivity index (χ1) is 13.5. The first-order valence-corrected chi connectivity index (χ1v) is 9.31. The molecule has 0 aromatic heterocycles. The maximum atomic E-state index is 12.7. The monoisotopic (exact) mass is 415 g/mol. The fourth-order valence-corrected chi connectivity index (χ4v) is 2.95. The number of carbonyl (C=O) groups is 5. The summed E-state index contributed by atoms with van der Waals surface area (Å²) < 4.78 is 0. The van der Waals surface area contributed by atoms with Crippen LogP contribution in [0.25, 0.3) is 0 Å². The molecule has 1 aliphatic rings. The molecule has 0 aliphatic carbocycles. The van der Waals surface area contributed by atoms with Gasteiger partial charge in [-0.25, -0.2) is 4.79 Å². The number of carboxylic acid groups (broad SMARTS) is 1. The average Bonchev–Trinajstić information content (AvgIpc) is 3.12. The molecule has 8 N–H and O–H groups in total. The number of hydrogen-bond acceptors (Lipinski definition) is 7. The second kappa shape index (κ2) is 10.7. The molecular weight excluding hydrogens is 386 g/mol. The number of aliphatic hydroxyl groups excluding tert-OH is 1. The van der Waals surface area contributed by atoms with E-state index >= 15 is 0 Å².